The molecule has 6 heteroatoms. The Kier molecular flexibility index (Phi) is 7.25. The minimum Gasteiger partial charge on any atom is -0.467 e. The molecule has 1 fully saturated rings. The first-order valence-corrected chi connectivity index (χ1v) is 7.92. The van der Waals surface area contributed by atoms with Crippen molar-refractivity contribution in [2.24, 2.45) is 4.99 Å². The Bertz CT molecular complexity index is 426. The molecule has 0 saturated carbocycles. The average molecular weight is 309 g/mol. The molecule has 6 nitrogen and oxygen atoms in total. The van der Waals surface area contributed by atoms with Crippen molar-refractivity contribution in [2.45, 2.75) is 31.9 Å². The maximum absolute atomic E-state index is 5.88. The van der Waals surface area contributed by atoms with Crippen LogP contribution in [0.5, 0.6) is 0 Å². The van der Waals surface area contributed by atoms with Crippen molar-refractivity contribution in [2.75, 3.05) is 40.5 Å². The number of methoxy groups -OCH3 is 1. The smallest absolute Gasteiger partial charge is 0.194 e. The molecule has 2 rings (SSSR count). The van der Waals surface area contributed by atoms with Crippen molar-refractivity contribution in [3.05, 3.63) is 24.2 Å². The fraction of sp³-hybridized carbons (Fsp3) is 0.688. The summed E-state index contributed by atoms with van der Waals surface area (Å²) in [7, 11) is 3.54. The Morgan fingerprint density at radius 2 is 2.23 bits per heavy atom. The van der Waals surface area contributed by atoms with Crippen LogP contribution in [0.25, 0.3) is 0 Å². The third-order valence-corrected chi connectivity index (χ3v) is 3.80. The molecule has 22 heavy (non-hydrogen) atoms. The van der Waals surface area contributed by atoms with E-state index in [1.54, 1.807) is 13.4 Å². The lowest BCUT2D eigenvalue weighted by Gasteiger charge is -2.34. The van der Waals surface area contributed by atoms with Gasteiger partial charge in [-0.25, -0.2) is 0 Å². The molecule has 0 radical (unpaired) electrons. The van der Waals surface area contributed by atoms with Gasteiger partial charge in [-0.1, -0.05) is 0 Å². The Morgan fingerprint density at radius 1 is 1.41 bits per heavy atom. The van der Waals surface area contributed by atoms with Crippen molar-refractivity contribution >= 4 is 5.96 Å². The quantitative estimate of drug-likeness (QED) is 0.473. The van der Waals surface area contributed by atoms with Gasteiger partial charge in [0, 0.05) is 40.5 Å². The fourth-order valence-corrected chi connectivity index (χ4v) is 2.60. The molecule has 0 bridgehead atoms. The monoisotopic (exact) mass is 309 g/mol. The number of aliphatic imine (C=N–C) groups is 1. The molecule has 1 saturated heterocycles. The molecule has 0 unspecified atom stereocenters. The molecule has 2 heterocycles. The van der Waals surface area contributed by atoms with Gasteiger partial charge in [0.25, 0.3) is 0 Å². The van der Waals surface area contributed by atoms with Crippen LogP contribution in [0.2, 0.25) is 0 Å². The maximum Gasteiger partial charge on any atom is 0.194 e. The van der Waals surface area contributed by atoms with Crippen LogP contribution in [0.4, 0.5) is 0 Å². The summed E-state index contributed by atoms with van der Waals surface area (Å²) in [6.07, 6.45) is 5.08. The van der Waals surface area contributed by atoms with Crippen molar-refractivity contribution in [3.63, 3.8) is 0 Å². The Morgan fingerprint density at radius 3 is 2.86 bits per heavy atom. The predicted molar refractivity (Wildman–Crippen MR) is 85.9 cm³/mol. The lowest BCUT2D eigenvalue weighted by atomic mass is 10.1. The predicted octanol–water partition coefficient (Wildman–Crippen LogP) is 1.87. The van der Waals surface area contributed by atoms with Gasteiger partial charge in [0.2, 0.25) is 0 Å². The standard InChI is InChI=1S/C16H27N3O3/c1-17-16(18-13-15-5-3-11-22-15)19-8-6-14(7-9-19)21-12-4-10-20-2/h3,5,11,14H,4,6-10,12-13H2,1-2H3,(H,17,18). The molecule has 0 amide bonds. The molecule has 1 aromatic rings. The van der Waals surface area contributed by atoms with Crippen LogP contribution in [0.1, 0.15) is 25.0 Å². The molecular formula is C16H27N3O3. The third kappa shape index (κ3) is 5.35. The highest BCUT2D eigenvalue weighted by Crippen LogP contribution is 2.14. The highest BCUT2D eigenvalue weighted by molar-refractivity contribution is 5.79. The van der Waals surface area contributed by atoms with Gasteiger partial charge in [0.05, 0.1) is 18.9 Å². The van der Waals surface area contributed by atoms with E-state index >= 15 is 0 Å². The van der Waals surface area contributed by atoms with Crippen LogP contribution < -0.4 is 5.32 Å². The first-order chi connectivity index (χ1) is 10.8. The van der Waals surface area contributed by atoms with E-state index in [0.29, 0.717) is 12.6 Å². The number of nitrogens with one attached hydrogen (secondary N) is 1. The van der Waals surface area contributed by atoms with Crippen molar-refractivity contribution in [1.29, 1.82) is 0 Å². The molecule has 1 aliphatic heterocycles. The van der Waals surface area contributed by atoms with Crippen LogP contribution >= 0.6 is 0 Å². The largest absolute Gasteiger partial charge is 0.467 e. The van der Waals surface area contributed by atoms with E-state index in [1.165, 1.54) is 0 Å². The fourth-order valence-electron chi connectivity index (χ4n) is 2.60. The highest BCUT2D eigenvalue weighted by atomic mass is 16.5. The summed E-state index contributed by atoms with van der Waals surface area (Å²) in [6.45, 7) is 4.14. The zero-order valence-corrected chi connectivity index (χ0v) is 13.6. The van der Waals surface area contributed by atoms with Gasteiger partial charge in [0.1, 0.15) is 5.76 Å². The van der Waals surface area contributed by atoms with Gasteiger partial charge in [-0.05, 0) is 31.4 Å². The van der Waals surface area contributed by atoms with Crippen LogP contribution in [-0.4, -0.2) is 57.4 Å². The molecular weight excluding hydrogens is 282 g/mol. The molecule has 0 aromatic carbocycles. The average Bonchev–Trinajstić information content (AvgIpc) is 3.07. The second kappa shape index (κ2) is 9.48. The van der Waals surface area contributed by atoms with Gasteiger partial charge in [-0.3, -0.25) is 4.99 Å². The van der Waals surface area contributed by atoms with E-state index in [-0.39, 0.29) is 0 Å². The van der Waals surface area contributed by atoms with E-state index in [4.69, 9.17) is 13.9 Å². The second-order valence-electron chi connectivity index (χ2n) is 5.38. The number of furan rings is 1. The van der Waals surface area contributed by atoms with Gasteiger partial charge >= 0.3 is 0 Å². The van der Waals surface area contributed by atoms with Crippen LogP contribution in [0, 0.1) is 0 Å². The first kappa shape index (κ1) is 16.8. The number of rotatable bonds is 7. The first-order valence-electron chi connectivity index (χ1n) is 7.92. The number of guanidine groups is 1. The highest BCUT2D eigenvalue weighted by Gasteiger charge is 2.21. The maximum atomic E-state index is 5.88. The summed E-state index contributed by atoms with van der Waals surface area (Å²) in [5.74, 6) is 1.84. The molecule has 0 aliphatic carbocycles. The van der Waals surface area contributed by atoms with E-state index < -0.39 is 0 Å². The zero-order chi connectivity index (χ0) is 15.6. The molecule has 1 aliphatic rings. The lowest BCUT2D eigenvalue weighted by molar-refractivity contribution is 0.00988. The SMILES string of the molecule is CN=C(NCc1ccco1)N1CCC(OCCCOC)CC1. The molecule has 124 valence electrons. The Balaban J connectivity index is 1.68. The number of piperidine rings is 1. The van der Waals surface area contributed by atoms with E-state index in [1.807, 2.05) is 19.2 Å². The van der Waals surface area contributed by atoms with Crippen LogP contribution in [-0.2, 0) is 16.0 Å². The van der Waals surface area contributed by atoms with Gasteiger partial charge in [-0.15, -0.1) is 0 Å². The summed E-state index contributed by atoms with van der Waals surface area (Å²) >= 11 is 0. The summed E-state index contributed by atoms with van der Waals surface area (Å²) in [6, 6.07) is 3.85. The van der Waals surface area contributed by atoms with E-state index in [2.05, 4.69) is 15.2 Å². The van der Waals surface area contributed by atoms with Crippen molar-refractivity contribution in [3.8, 4) is 0 Å². The molecule has 0 spiro atoms. The molecule has 1 aromatic heterocycles. The van der Waals surface area contributed by atoms with Gasteiger partial charge < -0.3 is 24.1 Å². The summed E-state index contributed by atoms with van der Waals surface area (Å²) < 4.78 is 16.2. The Labute approximate surface area is 132 Å². The van der Waals surface area contributed by atoms with Crippen molar-refractivity contribution < 1.29 is 13.9 Å². The number of ether oxygens (including phenoxy) is 2. The second-order valence-corrected chi connectivity index (χ2v) is 5.38. The lowest BCUT2D eigenvalue weighted by Crippen LogP contribution is -2.46. The molecule has 0 atom stereocenters. The summed E-state index contributed by atoms with van der Waals surface area (Å²) in [5, 5.41) is 3.34. The molecule has 1 N–H and O–H groups in total. The minimum atomic E-state index is 0.358. The number of nitrogens with zero attached hydrogens (tertiary/aromatic N) is 2. The zero-order valence-electron chi connectivity index (χ0n) is 13.6. The number of likely N-dealkylation sites (tertiary alicyclic amines) is 1. The number of hydrogen-bond acceptors (Lipinski definition) is 4. The van der Waals surface area contributed by atoms with Gasteiger partial charge in [-0.2, -0.15) is 0 Å². The van der Waals surface area contributed by atoms with E-state index in [9.17, 15) is 0 Å². The summed E-state index contributed by atoms with van der Waals surface area (Å²) in [4.78, 5) is 6.63. The van der Waals surface area contributed by atoms with E-state index in [0.717, 1.165) is 57.3 Å². The van der Waals surface area contributed by atoms with Crippen LogP contribution in [0.3, 0.4) is 0 Å². The van der Waals surface area contributed by atoms with Gasteiger partial charge in [0.15, 0.2) is 5.96 Å². The Hall–Kier alpha value is -1.53. The summed E-state index contributed by atoms with van der Waals surface area (Å²) in [5.41, 5.74) is 0. The van der Waals surface area contributed by atoms with Crippen LogP contribution in [0.15, 0.2) is 27.8 Å². The van der Waals surface area contributed by atoms with Crippen molar-refractivity contribution in [1.82, 2.24) is 10.2 Å². The topological polar surface area (TPSA) is 59.2 Å². The minimum absolute atomic E-state index is 0.358. The normalized spacial score (nSPS) is 17.0. The third-order valence-electron chi connectivity index (χ3n) is 3.80. The number of hydrogen-bond donors (Lipinski definition) is 1.